The van der Waals surface area contributed by atoms with Gasteiger partial charge in [0.1, 0.15) is 0 Å². The predicted molar refractivity (Wildman–Crippen MR) is 88.0 cm³/mol. The summed E-state index contributed by atoms with van der Waals surface area (Å²) in [7, 11) is 1.78. The van der Waals surface area contributed by atoms with Gasteiger partial charge >= 0.3 is 0 Å². The van der Waals surface area contributed by atoms with Gasteiger partial charge in [0.25, 0.3) is 11.8 Å². The van der Waals surface area contributed by atoms with Crippen molar-refractivity contribution < 1.29 is 9.59 Å². The van der Waals surface area contributed by atoms with Crippen LogP contribution in [0.4, 0.5) is 0 Å². The van der Waals surface area contributed by atoms with Gasteiger partial charge in [-0.2, -0.15) is 0 Å². The van der Waals surface area contributed by atoms with Gasteiger partial charge < -0.3 is 0 Å². The highest BCUT2D eigenvalue weighted by molar-refractivity contribution is 7.37. The van der Waals surface area contributed by atoms with Crippen LogP contribution in [0.3, 0.4) is 0 Å². The van der Waals surface area contributed by atoms with Crippen LogP contribution in [0, 0.1) is 17.8 Å². The van der Waals surface area contributed by atoms with E-state index in [1.807, 2.05) is 6.66 Å². The maximum Gasteiger partial charge on any atom is 0.253 e. The van der Waals surface area contributed by atoms with Crippen molar-refractivity contribution in [3.05, 3.63) is 24.3 Å². The molecule has 0 radical (unpaired) electrons. The molecule has 1 saturated carbocycles. The molecule has 2 bridgehead atoms. The van der Waals surface area contributed by atoms with Crippen LogP contribution < -0.4 is 0 Å². The Balaban J connectivity index is 0.000000147. The third-order valence-corrected chi connectivity index (χ3v) is 5.66. The summed E-state index contributed by atoms with van der Waals surface area (Å²) in [4.78, 5) is 22.8. The predicted octanol–water partition coefficient (Wildman–Crippen LogP) is 2.68. The van der Waals surface area contributed by atoms with E-state index >= 15 is 0 Å². The van der Waals surface area contributed by atoms with E-state index < -0.39 is 0 Å². The average Bonchev–Trinajstić information content (AvgIpc) is 3.12. The Kier molecular flexibility index (Phi) is 5.93. The van der Waals surface area contributed by atoms with Gasteiger partial charge in [0.15, 0.2) is 0 Å². The third kappa shape index (κ3) is 3.77. The Labute approximate surface area is 124 Å². The second-order valence-electron chi connectivity index (χ2n) is 5.55. The van der Waals surface area contributed by atoms with E-state index in [1.54, 1.807) is 0 Å². The van der Waals surface area contributed by atoms with E-state index in [4.69, 9.17) is 0 Å². The SMILES string of the molecule is CPCC1CC2C=CC1C2.CPCN1C(=O)C=CC1=O. The summed E-state index contributed by atoms with van der Waals surface area (Å²) in [6, 6.07) is 0. The fourth-order valence-electron chi connectivity index (χ4n) is 3.14. The number of hydrogen-bond acceptors (Lipinski definition) is 2. The first-order valence-corrected chi connectivity index (χ1v) is 10.6. The van der Waals surface area contributed by atoms with Crippen molar-refractivity contribution in [1.82, 2.24) is 4.90 Å². The molecule has 5 atom stereocenters. The van der Waals surface area contributed by atoms with Crippen molar-refractivity contribution in [2.24, 2.45) is 17.8 Å². The molecule has 1 fully saturated rings. The number of rotatable bonds is 4. The lowest BCUT2D eigenvalue weighted by Gasteiger charge is -2.16. The first-order valence-electron chi connectivity index (χ1n) is 7.16. The lowest BCUT2D eigenvalue weighted by Crippen LogP contribution is -2.28. The second kappa shape index (κ2) is 7.48. The van der Waals surface area contributed by atoms with Crippen molar-refractivity contribution in [3.63, 3.8) is 0 Å². The van der Waals surface area contributed by atoms with E-state index in [0.29, 0.717) is 14.9 Å². The highest BCUT2D eigenvalue weighted by Gasteiger charge is 2.34. The molecule has 3 aliphatic rings. The molecule has 5 unspecified atom stereocenters. The van der Waals surface area contributed by atoms with Crippen LogP contribution in [-0.2, 0) is 9.59 Å². The normalized spacial score (nSPS) is 31.3. The molecular weight excluding hydrogens is 288 g/mol. The molecule has 20 heavy (non-hydrogen) atoms. The topological polar surface area (TPSA) is 37.4 Å². The van der Waals surface area contributed by atoms with Crippen LogP contribution in [0.2, 0.25) is 0 Å². The summed E-state index contributed by atoms with van der Waals surface area (Å²) >= 11 is 0. The Morgan fingerprint density at radius 1 is 1.10 bits per heavy atom. The van der Waals surface area contributed by atoms with Crippen LogP contribution in [-0.4, -0.2) is 42.5 Å². The fraction of sp³-hybridized carbons (Fsp3) is 0.600. The Morgan fingerprint density at radius 2 is 1.80 bits per heavy atom. The number of imide groups is 1. The number of carbonyl (C=O) groups is 2. The number of nitrogens with zero attached hydrogens (tertiary/aromatic N) is 1. The maximum atomic E-state index is 10.8. The molecule has 1 aliphatic heterocycles. The molecule has 5 heteroatoms. The molecule has 0 aromatic rings. The summed E-state index contributed by atoms with van der Waals surface area (Å²) in [6.45, 7) is 4.29. The van der Waals surface area contributed by atoms with Crippen LogP contribution in [0.1, 0.15) is 12.8 Å². The molecule has 110 valence electrons. The first-order chi connectivity index (χ1) is 9.65. The monoisotopic (exact) mass is 311 g/mol. The van der Waals surface area contributed by atoms with E-state index in [2.05, 4.69) is 18.8 Å². The maximum absolute atomic E-state index is 10.8. The third-order valence-electron chi connectivity index (χ3n) is 4.10. The molecule has 3 rings (SSSR count). The van der Waals surface area contributed by atoms with Crippen LogP contribution >= 0.6 is 17.2 Å². The highest BCUT2D eigenvalue weighted by atomic mass is 31.1. The number of fused-ring (bicyclic) bond motifs is 2. The molecule has 0 saturated heterocycles. The minimum absolute atomic E-state index is 0.181. The van der Waals surface area contributed by atoms with E-state index in [1.165, 1.54) is 44.6 Å². The molecule has 2 amide bonds. The Hall–Kier alpha value is -0.520. The molecule has 0 aromatic carbocycles. The summed E-state index contributed by atoms with van der Waals surface area (Å²) in [5.74, 6) is 2.67. The lowest BCUT2D eigenvalue weighted by atomic mass is 9.96. The molecule has 0 spiro atoms. The minimum atomic E-state index is -0.181. The Morgan fingerprint density at radius 3 is 2.25 bits per heavy atom. The average molecular weight is 311 g/mol. The Bertz CT molecular complexity index is 416. The standard InChI is InChI=1S/C9H15P.C6H8NO2P/c1-10-6-9-5-7-2-3-8(9)4-7;1-10-4-7-5(8)2-3-6(7)9/h2-3,7-10H,4-6H2,1H3;2-3,10H,4H2,1H3. The number of allylic oxidation sites excluding steroid dienone is 2. The lowest BCUT2D eigenvalue weighted by molar-refractivity contribution is -0.135. The number of carbonyl (C=O) groups excluding carboxylic acids is 2. The fourth-order valence-corrected chi connectivity index (χ4v) is 4.76. The van der Waals surface area contributed by atoms with Gasteiger partial charge in [0.2, 0.25) is 0 Å². The van der Waals surface area contributed by atoms with Crippen molar-refractivity contribution in [3.8, 4) is 0 Å². The van der Waals surface area contributed by atoms with Gasteiger partial charge in [-0.05, 0) is 50.1 Å². The molecular formula is C15H23NO2P2. The smallest absolute Gasteiger partial charge is 0.253 e. The molecule has 0 aromatic heterocycles. The van der Waals surface area contributed by atoms with Gasteiger partial charge in [-0.25, -0.2) is 0 Å². The van der Waals surface area contributed by atoms with E-state index in [-0.39, 0.29) is 11.8 Å². The van der Waals surface area contributed by atoms with Crippen LogP contribution in [0.25, 0.3) is 0 Å². The molecule has 3 nitrogen and oxygen atoms in total. The molecule has 0 N–H and O–H groups in total. The summed E-state index contributed by atoms with van der Waals surface area (Å²) in [6.07, 6.45) is 12.5. The van der Waals surface area contributed by atoms with Crippen LogP contribution in [0.5, 0.6) is 0 Å². The van der Waals surface area contributed by atoms with Gasteiger partial charge in [-0.15, -0.1) is 17.2 Å². The summed E-state index contributed by atoms with van der Waals surface area (Å²) in [5.41, 5.74) is 0. The van der Waals surface area contributed by atoms with Crippen molar-refractivity contribution >= 4 is 29.0 Å². The zero-order valence-electron chi connectivity index (χ0n) is 12.1. The minimum Gasteiger partial charge on any atom is -0.271 e. The zero-order valence-corrected chi connectivity index (χ0v) is 14.1. The molecule has 2 aliphatic carbocycles. The van der Waals surface area contributed by atoms with Gasteiger partial charge in [0.05, 0.1) is 0 Å². The van der Waals surface area contributed by atoms with Crippen molar-refractivity contribution in [1.29, 1.82) is 0 Å². The van der Waals surface area contributed by atoms with Crippen LogP contribution in [0.15, 0.2) is 24.3 Å². The van der Waals surface area contributed by atoms with Crippen molar-refractivity contribution in [2.75, 3.05) is 25.8 Å². The van der Waals surface area contributed by atoms with Crippen molar-refractivity contribution in [2.45, 2.75) is 12.8 Å². The highest BCUT2D eigenvalue weighted by Crippen LogP contribution is 2.44. The van der Waals surface area contributed by atoms with E-state index in [0.717, 1.165) is 17.8 Å². The summed E-state index contributed by atoms with van der Waals surface area (Å²) in [5, 5.41) is 0. The van der Waals surface area contributed by atoms with E-state index in [9.17, 15) is 9.59 Å². The largest absolute Gasteiger partial charge is 0.271 e. The summed E-state index contributed by atoms with van der Waals surface area (Å²) < 4.78 is 0. The first kappa shape index (κ1) is 15.9. The number of amides is 2. The zero-order chi connectivity index (χ0) is 14.5. The second-order valence-corrected chi connectivity index (χ2v) is 7.69. The van der Waals surface area contributed by atoms with Gasteiger partial charge in [-0.3, -0.25) is 14.5 Å². The molecule has 1 heterocycles. The quantitative estimate of drug-likeness (QED) is 0.455. The van der Waals surface area contributed by atoms with Gasteiger partial charge in [0, 0.05) is 18.4 Å². The van der Waals surface area contributed by atoms with Gasteiger partial charge in [-0.1, -0.05) is 12.2 Å². The number of hydrogen-bond donors (Lipinski definition) is 0.